The summed E-state index contributed by atoms with van der Waals surface area (Å²) in [7, 11) is 0. The van der Waals surface area contributed by atoms with Gasteiger partial charge in [-0.2, -0.15) is 10.2 Å². The van der Waals surface area contributed by atoms with E-state index in [1.165, 1.54) is 0 Å². The Morgan fingerprint density at radius 3 is 2.50 bits per heavy atom. The molecular formula is C22H16N6. The summed E-state index contributed by atoms with van der Waals surface area (Å²) < 4.78 is 0. The highest BCUT2D eigenvalue weighted by Gasteiger charge is 2.02. The molecule has 2 N–H and O–H groups in total. The van der Waals surface area contributed by atoms with Crippen LogP contribution in [0.3, 0.4) is 0 Å². The van der Waals surface area contributed by atoms with E-state index >= 15 is 0 Å². The van der Waals surface area contributed by atoms with E-state index in [-0.39, 0.29) is 0 Å². The number of hydrogen-bond acceptors (Lipinski definition) is 4. The van der Waals surface area contributed by atoms with Gasteiger partial charge in [0.2, 0.25) is 0 Å². The highest BCUT2D eigenvalue weighted by molar-refractivity contribution is 6.03. The molecule has 2 aromatic carbocycles. The lowest BCUT2D eigenvalue weighted by Gasteiger charge is -1.99. The lowest BCUT2D eigenvalue weighted by Crippen LogP contribution is -1.84. The lowest BCUT2D eigenvalue weighted by molar-refractivity contribution is 1.09. The van der Waals surface area contributed by atoms with E-state index in [1.807, 2.05) is 54.7 Å². The van der Waals surface area contributed by atoms with Gasteiger partial charge >= 0.3 is 0 Å². The molecule has 0 bridgehead atoms. The Morgan fingerprint density at radius 2 is 1.57 bits per heavy atom. The van der Waals surface area contributed by atoms with Crippen LogP contribution in [-0.2, 0) is 0 Å². The standard InChI is InChI=1S/C12H9N3.C10H7N3/c1-2-4-10-9(3-1)5-6-11(14-10)12-7-8-13-15-12;1-2-7-3-4-9-8(6-12-13-9)10(7)11-5-1/h1-8H,(H,13,15);1-6H,(H,12,13). The first kappa shape index (κ1) is 16.1. The summed E-state index contributed by atoms with van der Waals surface area (Å²) in [6, 6.07) is 22.1. The van der Waals surface area contributed by atoms with Crippen LogP contribution in [0.4, 0.5) is 0 Å². The molecule has 134 valence electrons. The molecule has 0 aliphatic heterocycles. The molecule has 0 aliphatic rings. The number of benzene rings is 2. The molecule has 4 heterocycles. The molecule has 0 unspecified atom stereocenters. The monoisotopic (exact) mass is 364 g/mol. The molecule has 6 nitrogen and oxygen atoms in total. The second kappa shape index (κ2) is 6.92. The first-order valence-corrected chi connectivity index (χ1v) is 8.91. The van der Waals surface area contributed by atoms with Gasteiger partial charge in [0.1, 0.15) is 0 Å². The molecular weight excluding hydrogens is 348 g/mol. The van der Waals surface area contributed by atoms with Gasteiger partial charge in [-0.1, -0.05) is 36.4 Å². The predicted octanol–water partition coefficient (Wildman–Crippen LogP) is 4.74. The molecule has 0 atom stereocenters. The predicted molar refractivity (Wildman–Crippen MR) is 111 cm³/mol. The minimum Gasteiger partial charge on any atom is -0.278 e. The third-order valence-corrected chi connectivity index (χ3v) is 4.57. The Bertz CT molecular complexity index is 1370. The quantitative estimate of drug-likeness (QED) is 0.441. The van der Waals surface area contributed by atoms with E-state index in [4.69, 9.17) is 0 Å². The van der Waals surface area contributed by atoms with Crippen LogP contribution in [0.15, 0.2) is 85.3 Å². The Hall–Kier alpha value is -4.06. The van der Waals surface area contributed by atoms with Crippen molar-refractivity contribution >= 4 is 32.7 Å². The maximum absolute atomic E-state index is 4.55. The minimum atomic E-state index is 0.922. The van der Waals surface area contributed by atoms with E-state index in [9.17, 15) is 0 Å². The van der Waals surface area contributed by atoms with Gasteiger partial charge in [0.15, 0.2) is 0 Å². The Balaban J connectivity index is 0.000000123. The zero-order valence-corrected chi connectivity index (χ0v) is 14.9. The summed E-state index contributed by atoms with van der Waals surface area (Å²) in [5.74, 6) is 0. The van der Waals surface area contributed by atoms with Gasteiger partial charge in [-0.05, 0) is 30.3 Å². The van der Waals surface area contributed by atoms with Crippen LogP contribution in [0.25, 0.3) is 44.1 Å². The first-order chi connectivity index (χ1) is 13.9. The van der Waals surface area contributed by atoms with Gasteiger partial charge in [-0.15, -0.1) is 0 Å². The average molecular weight is 364 g/mol. The number of rotatable bonds is 1. The molecule has 0 amide bonds. The maximum atomic E-state index is 4.55. The molecule has 6 rings (SSSR count). The van der Waals surface area contributed by atoms with Crippen molar-refractivity contribution in [1.29, 1.82) is 0 Å². The van der Waals surface area contributed by atoms with Crippen LogP contribution in [0, 0.1) is 0 Å². The number of pyridine rings is 2. The number of nitrogens with one attached hydrogen (secondary N) is 2. The van der Waals surface area contributed by atoms with Crippen molar-refractivity contribution in [3.05, 3.63) is 85.3 Å². The van der Waals surface area contributed by atoms with E-state index < -0.39 is 0 Å². The van der Waals surface area contributed by atoms with Crippen molar-refractivity contribution in [2.45, 2.75) is 0 Å². The van der Waals surface area contributed by atoms with Crippen molar-refractivity contribution < 1.29 is 0 Å². The zero-order chi connectivity index (χ0) is 18.8. The van der Waals surface area contributed by atoms with Gasteiger partial charge in [0.05, 0.1) is 34.1 Å². The topological polar surface area (TPSA) is 83.1 Å². The maximum Gasteiger partial charge on any atom is 0.0888 e. The fourth-order valence-corrected chi connectivity index (χ4v) is 3.18. The molecule has 6 aromatic rings. The smallest absolute Gasteiger partial charge is 0.0888 e. The van der Waals surface area contributed by atoms with Crippen LogP contribution in [0.1, 0.15) is 0 Å². The molecule has 0 fully saturated rings. The highest BCUT2D eigenvalue weighted by atomic mass is 15.1. The van der Waals surface area contributed by atoms with E-state index in [0.717, 1.165) is 44.1 Å². The summed E-state index contributed by atoms with van der Waals surface area (Å²) in [4.78, 5) is 8.87. The molecule has 0 aliphatic carbocycles. The van der Waals surface area contributed by atoms with Gasteiger partial charge in [-0.3, -0.25) is 15.2 Å². The van der Waals surface area contributed by atoms with E-state index in [2.05, 4.69) is 48.6 Å². The Labute approximate surface area is 160 Å². The van der Waals surface area contributed by atoms with Crippen LogP contribution < -0.4 is 0 Å². The van der Waals surface area contributed by atoms with Gasteiger partial charge in [-0.25, -0.2) is 4.98 Å². The molecule has 0 radical (unpaired) electrons. The van der Waals surface area contributed by atoms with Crippen LogP contribution in [0.2, 0.25) is 0 Å². The SMILES string of the molecule is c1ccc2nc(-c3ccn[nH]3)ccc2c1.c1cnc2c(c1)ccc1[nH]ncc12. The summed E-state index contributed by atoms with van der Waals surface area (Å²) in [6.07, 6.45) is 5.34. The molecule has 0 spiro atoms. The van der Waals surface area contributed by atoms with E-state index in [0.29, 0.717) is 0 Å². The summed E-state index contributed by atoms with van der Waals surface area (Å²) in [6.45, 7) is 0. The summed E-state index contributed by atoms with van der Waals surface area (Å²) in [5.41, 5.74) is 4.91. The molecule has 4 aromatic heterocycles. The molecule has 6 heteroatoms. The first-order valence-electron chi connectivity index (χ1n) is 8.91. The third-order valence-electron chi connectivity index (χ3n) is 4.57. The number of H-pyrrole nitrogens is 2. The second-order valence-electron chi connectivity index (χ2n) is 6.33. The summed E-state index contributed by atoms with van der Waals surface area (Å²) in [5, 5.41) is 17.1. The molecule has 28 heavy (non-hydrogen) atoms. The fraction of sp³-hybridized carbons (Fsp3) is 0. The number of nitrogens with zero attached hydrogens (tertiary/aromatic N) is 4. The summed E-state index contributed by atoms with van der Waals surface area (Å²) >= 11 is 0. The number of hydrogen-bond donors (Lipinski definition) is 2. The van der Waals surface area contributed by atoms with Crippen molar-refractivity contribution in [3.8, 4) is 11.4 Å². The zero-order valence-electron chi connectivity index (χ0n) is 14.9. The number of aromatic nitrogens is 6. The second-order valence-corrected chi connectivity index (χ2v) is 6.33. The number of aromatic amines is 2. The van der Waals surface area contributed by atoms with Crippen molar-refractivity contribution in [2.24, 2.45) is 0 Å². The van der Waals surface area contributed by atoms with Crippen LogP contribution in [0.5, 0.6) is 0 Å². The van der Waals surface area contributed by atoms with Gasteiger partial charge < -0.3 is 0 Å². The normalized spacial score (nSPS) is 10.9. The fourth-order valence-electron chi connectivity index (χ4n) is 3.18. The minimum absolute atomic E-state index is 0.922. The number of fused-ring (bicyclic) bond motifs is 4. The molecule has 0 saturated heterocycles. The van der Waals surface area contributed by atoms with Gasteiger partial charge in [0.25, 0.3) is 0 Å². The highest BCUT2D eigenvalue weighted by Crippen LogP contribution is 2.21. The van der Waals surface area contributed by atoms with Crippen LogP contribution in [-0.4, -0.2) is 30.4 Å². The molecule has 0 saturated carbocycles. The number of para-hydroxylation sites is 1. The lowest BCUT2D eigenvalue weighted by atomic mass is 10.1. The van der Waals surface area contributed by atoms with Crippen molar-refractivity contribution in [2.75, 3.05) is 0 Å². The Kier molecular flexibility index (Phi) is 3.99. The third kappa shape index (κ3) is 2.97. The van der Waals surface area contributed by atoms with Crippen molar-refractivity contribution in [1.82, 2.24) is 30.4 Å². The Morgan fingerprint density at radius 1 is 0.679 bits per heavy atom. The van der Waals surface area contributed by atoms with Gasteiger partial charge in [0, 0.05) is 28.6 Å². The van der Waals surface area contributed by atoms with Crippen LogP contribution >= 0.6 is 0 Å². The average Bonchev–Trinajstić information content (AvgIpc) is 3.46. The largest absolute Gasteiger partial charge is 0.278 e. The van der Waals surface area contributed by atoms with E-state index in [1.54, 1.807) is 12.4 Å². The van der Waals surface area contributed by atoms with Crippen molar-refractivity contribution in [3.63, 3.8) is 0 Å².